The fraction of sp³-hybridized carbons (Fsp3) is 0.176. The van der Waals surface area contributed by atoms with Crippen molar-refractivity contribution in [1.82, 2.24) is 0 Å². The molecule has 0 aliphatic heterocycles. The largest absolute Gasteiger partial charge is 0.311 e. The van der Waals surface area contributed by atoms with Gasteiger partial charge in [0.25, 0.3) is 0 Å². The predicted molar refractivity (Wildman–Crippen MR) is 221 cm³/mol. The first kappa shape index (κ1) is 32.3. The molecule has 6 aromatic rings. The topological polar surface area (TPSA) is 3.24 Å². The Morgan fingerprint density at radius 2 is 0.558 bits per heavy atom. The van der Waals surface area contributed by atoms with Gasteiger partial charge in [0.2, 0.25) is 0 Å². The first-order valence-corrected chi connectivity index (χ1v) is 18.6. The van der Waals surface area contributed by atoms with Gasteiger partial charge in [0.1, 0.15) is 0 Å². The van der Waals surface area contributed by atoms with Crippen LogP contribution in [0.5, 0.6) is 0 Å². The minimum absolute atomic E-state index is 0.00902. The van der Waals surface area contributed by atoms with Gasteiger partial charge in [-0.1, -0.05) is 169 Å². The van der Waals surface area contributed by atoms with Crippen LogP contribution in [0.25, 0.3) is 16.7 Å². The van der Waals surface area contributed by atoms with E-state index in [1.54, 1.807) is 0 Å². The highest BCUT2D eigenvalue weighted by molar-refractivity contribution is 5.91. The van der Waals surface area contributed by atoms with E-state index >= 15 is 0 Å². The molecule has 0 atom stereocenters. The van der Waals surface area contributed by atoms with Crippen LogP contribution in [-0.4, -0.2) is 0 Å². The van der Waals surface area contributed by atoms with Gasteiger partial charge in [-0.15, -0.1) is 0 Å². The molecule has 0 fully saturated rings. The molecule has 0 spiro atoms. The zero-order valence-corrected chi connectivity index (χ0v) is 31.0. The lowest BCUT2D eigenvalue weighted by Gasteiger charge is -2.26. The van der Waals surface area contributed by atoms with Crippen molar-refractivity contribution in [2.45, 2.75) is 57.8 Å². The molecule has 1 heteroatoms. The van der Waals surface area contributed by atoms with Crippen LogP contribution >= 0.6 is 0 Å². The smallest absolute Gasteiger partial charge is 0.0462 e. The molecule has 0 heterocycles. The number of anilines is 3. The van der Waals surface area contributed by atoms with Crippen molar-refractivity contribution in [2.75, 3.05) is 4.90 Å². The number of fused-ring (bicyclic) bond motifs is 3. The van der Waals surface area contributed by atoms with Gasteiger partial charge < -0.3 is 4.90 Å². The molecule has 0 unspecified atom stereocenters. The van der Waals surface area contributed by atoms with Crippen LogP contribution in [-0.2, 0) is 16.2 Å². The Bertz CT molecular complexity index is 2170. The molecule has 254 valence electrons. The summed E-state index contributed by atoms with van der Waals surface area (Å²) in [6.07, 6.45) is 7.28. The number of nitrogens with zero attached hydrogens (tertiary/aromatic N) is 1. The van der Waals surface area contributed by atoms with Gasteiger partial charge in [0.05, 0.1) is 0 Å². The second-order valence-electron chi connectivity index (χ2n) is 16.5. The van der Waals surface area contributed by atoms with Gasteiger partial charge in [0.15, 0.2) is 0 Å². The maximum Gasteiger partial charge on any atom is 0.0462 e. The fourth-order valence-electron chi connectivity index (χ4n) is 8.92. The number of hydrogen-bond donors (Lipinski definition) is 0. The summed E-state index contributed by atoms with van der Waals surface area (Å²) in [6, 6.07) is 53.9. The highest BCUT2D eigenvalue weighted by Gasteiger charge is 2.32. The second kappa shape index (κ2) is 11.7. The average molecular weight is 672 g/mol. The number of rotatable bonds is 6. The standard InChI is InChI=1S/C51H45N/c1-49(2)31-43(40-13-7-10-16-46(40)49)34-19-25-37(26-20-34)52(38-27-21-35(22-28-38)44-32-50(3,4)47-17-11-8-14-41(44)47)39-29-23-36(24-30-39)45-33-51(5,6)48-18-12-9-15-42(45)48/h7-33H,1-6H3. The third kappa shape index (κ3) is 5.22. The number of hydrogen-bond acceptors (Lipinski definition) is 1. The SMILES string of the molecule is CC1(C)C=C(c2ccc(N(c3ccc(C4=CC(C)(C)c5ccccc54)cc3)c3ccc(C4=CC(C)(C)c5ccccc54)cc3)cc2)c2ccccc21. The Morgan fingerprint density at radius 1 is 0.308 bits per heavy atom. The van der Waals surface area contributed by atoms with Gasteiger partial charge in [0, 0.05) is 33.3 Å². The number of allylic oxidation sites excluding steroid dienone is 3. The Morgan fingerprint density at radius 3 is 0.827 bits per heavy atom. The molecule has 0 radical (unpaired) electrons. The quantitative estimate of drug-likeness (QED) is 0.170. The van der Waals surface area contributed by atoms with E-state index in [1.807, 2.05) is 0 Å². The number of benzene rings is 6. The Labute approximate surface area is 309 Å². The van der Waals surface area contributed by atoms with E-state index in [9.17, 15) is 0 Å². The maximum atomic E-state index is 2.43. The van der Waals surface area contributed by atoms with E-state index in [4.69, 9.17) is 0 Å². The Kier molecular flexibility index (Phi) is 7.25. The van der Waals surface area contributed by atoms with Gasteiger partial charge in [-0.05, 0) is 103 Å². The molecule has 3 aliphatic carbocycles. The summed E-state index contributed by atoms with van der Waals surface area (Å²) in [5.74, 6) is 0. The summed E-state index contributed by atoms with van der Waals surface area (Å²) in [5, 5.41) is 0. The molecule has 3 aliphatic rings. The van der Waals surface area contributed by atoms with Crippen molar-refractivity contribution in [3.8, 4) is 0 Å². The van der Waals surface area contributed by atoms with Gasteiger partial charge in [-0.3, -0.25) is 0 Å². The summed E-state index contributed by atoms with van der Waals surface area (Å²) in [5.41, 5.74) is 19.3. The summed E-state index contributed by atoms with van der Waals surface area (Å²) in [4.78, 5) is 2.39. The van der Waals surface area contributed by atoms with Crippen LogP contribution in [0.3, 0.4) is 0 Å². The van der Waals surface area contributed by atoms with Crippen molar-refractivity contribution in [1.29, 1.82) is 0 Å². The first-order chi connectivity index (χ1) is 25.0. The fourth-order valence-corrected chi connectivity index (χ4v) is 8.92. The normalized spacial score (nSPS) is 17.1. The Hall–Kier alpha value is -5.66. The van der Waals surface area contributed by atoms with E-state index < -0.39 is 0 Å². The molecule has 0 bridgehead atoms. The molecule has 0 N–H and O–H groups in total. The summed E-state index contributed by atoms with van der Waals surface area (Å²) >= 11 is 0. The van der Waals surface area contributed by atoms with Crippen LogP contribution in [0, 0.1) is 0 Å². The zero-order chi connectivity index (χ0) is 35.8. The van der Waals surface area contributed by atoms with Crippen molar-refractivity contribution >= 4 is 33.8 Å². The molecule has 9 rings (SSSR count). The predicted octanol–water partition coefficient (Wildman–Crippen LogP) is 13.3. The summed E-state index contributed by atoms with van der Waals surface area (Å²) in [6.45, 7) is 13.9. The monoisotopic (exact) mass is 671 g/mol. The van der Waals surface area contributed by atoms with Crippen molar-refractivity contribution in [3.63, 3.8) is 0 Å². The molecule has 0 amide bonds. The van der Waals surface area contributed by atoms with Gasteiger partial charge >= 0.3 is 0 Å². The molecule has 52 heavy (non-hydrogen) atoms. The molecular formula is C51H45N. The Balaban J connectivity index is 1.10. The van der Waals surface area contributed by atoms with Crippen LogP contribution in [0.4, 0.5) is 17.1 Å². The van der Waals surface area contributed by atoms with E-state index in [1.165, 1.54) is 66.8 Å². The van der Waals surface area contributed by atoms with Crippen LogP contribution < -0.4 is 4.90 Å². The molecule has 0 saturated carbocycles. The lowest BCUT2D eigenvalue weighted by atomic mass is 9.87. The van der Waals surface area contributed by atoms with Crippen LogP contribution in [0.1, 0.15) is 91.6 Å². The second-order valence-corrected chi connectivity index (χ2v) is 16.5. The van der Waals surface area contributed by atoms with Crippen molar-refractivity contribution in [2.24, 2.45) is 0 Å². The molecule has 6 aromatic carbocycles. The van der Waals surface area contributed by atoms with Crippen LogP contribution in [0.15, 0.2) is 164 Å². The third-order valence-electron chi connectivity index (χ3n) is 11.6. The van der Waals surface area contributed by atoms with Crippen molar-refractivity contribution < 1.29 is 0 Å². The first-order valence-electron chi connectivity index (χ1n) is 18.6. The minimum atomic E-state index is 0.00902. The average Bonchev–Trinajstić information content (AvgIpc) is 3.72. The molecule has 1 nitrogen and oxygen atoms in total. The minimum Gasteiger partial charge on any atom is -0.311 e. The third-order valence-corrected chi connectivity index (χ3v) is 11.6. The highest BCUT2D eigenvalue weighted by atomic mass is 15.1. The maximum absolute atomic E-state index is 2.43. The van der Waals surface area contributed by atoms with E-state index in [0.29, 0.717) is 0 Å². The molecule has 0 aromatic heterocycles. The zero-order valence-electron chi connectivity index (χ0n) is 31.0. The lowest BCUT2D eigenvalue weighted by molar-refractivity contribution is 0.683. The van der Waals surface area contributed by atoms with Crippen LogP contribution in [0.2, 0.25) is 0 Å². The van der Waals surface area contributed by atoms with E-state index in [-0.39, 0.29) is 16.2 Å². The van der Waals surface area contributed by atoms with Crippen molar-refractivity contribution in [3.05, 3.63) is 214 Å². The summed E-state index contributed by atoms with van der Waals surface area (Å²) in [7, 11) is 0. The highest BCUT2D eigenvalue weighted by Crippen LogP contribution is 2.47. The molecule has 0 saturated heterocycles. The summed E-state index contributed by atoms with van der Waals surface area (Å²) < 4.78 is 0. The van der Waals surface area contributed by atoms with Gasteiger partial charge in [-0.25, -0.2) is 0 Å². The lowest BCUT2D eigenvalue weighted by Crippen LogP contribution is -2.10. The van der Waals surface area contributed by atoms with Gasteiger partial charge in [-0.2, -0.15) is 0 Å². The van der Waals surface area contributed by atoms with E-state index in [0.717, 1.165) is 17.1 Å². The van der Waals surface area contributed by atoms with E-state index in [2.05, 4.69) is 210 Å². The molecular weight excluding hydrogens is 627 g/mol.